The molecule has 0 aliphatic carbocycles. The van der Waals surface area contributed by atoms with Crippen molar-refractivity contribution in [1.29, 1.82) is 5.26 Å². The van der Waals surface area contributed by atoms with Gasteiger partial charge in [0, 0.05) is 0 Å². The average molecular weight is 327 g/mol. The summed E-state index contributed by atoms with van der Waals surface area (Å²) in [7, 11) is 0. The van der Waals surface area contributed by atoms with Gasteiger partial charge in [-0.15, -0.1) is 0 Å². The van der Waals surface area contributed by atoms with E-state index in [0.717, 1.165) is 28.7 Å². The minimum atomic E-state index is 0.202. The first-order valence-electron chi connectivity index (χ1n) is 8.57. The van der Waals surface area contributed by atoms with Crippen LogP contribution in [0, 0.1) is 11.3 Å². The van der Waals surface area contributed by atoms with Crippen LogP contribution in [0.4, 0.5) is 0 Å². The molecule has 0 saturated carbocycles. The highest BCUT2D eigenvalue weighted by molar-refractivity contribution is 5.94. The summed E-state index contributed by atoms with van der Waals surface area (Å²) < 4.78 is 5.80. The lowest BCUT2D eigenvalue weighted by Crippen LogP contribution is -2.09. The van der Waals surface area contributed by atoms with E-state index >= 15 is 0 Å². The summed E-state index contributed by atoms with van der Waals surface area (Å²) in [5.41, 5.74) is 2.57. The Morgan fingerprint density at radius 3 is 2.44 bits per heavy atom. The molecule has 3 rings (SSSR count). The Labute approximate surface area is 149 Å². The lowest BCUT2D eigenvalue weighted by Gasteiger charge is -2.12. The predicted octanol–water partition coefficient (Wildman–Crippen LogP) is 6.08. The molecular weight excluding hydrogens is 306 g/mol. The van der Waals surface area contributed by atoms with Gasteiger partial charge >= 0.3 is 0 Å². The molecule has 0 heterocycles. The highest BCUT2D eigenvalue weighted by atomic mass is 16.5. The van der Waals surface area contributed by atoms with E-state index in [2.05, 4.69) is 44.2 Å². The molecule has 1 unspecified atom stereocenters. The summed E-state index contributed by atoms with van der Waals surface area (Å²) in [5, 5.41) is 11.9. The fourth-order valence-electron chi connectivity index (χ4n) is 2.66. The topological polar surface area (TPSA) is 33.0 Å². The molecule has 0 aliphatic rings. The first-order valence-corrected chi connectivity index (χ1v) is 8.57. The highest BCUT2D eigenvalue weighted by Crippen LogP contribution is 2.24. The number of hydrogen-bond donors (Lipinski definition) is 0. The first-order chi connectivity index (χ1) is 12.2. The summed E-state index contributed by atoms with van der Waals surface area (Å²) in [4.78, 5) is 0. The van der Waals surface area contributed by atoms with Crippen LogP contribution in [0.5, 0.6) is 5.75 Å². The monoisotopic (exact) mass is 327 g/mol. The smallest absolute Gasteiger partial charge is 0.119 e. The van der Waals surface area contributed by atoms with E-state index < -0.39 is 0 Å². The van der Waals surface area contributed by atoms with Crippen LogP contribution in [-0.2, 0) is 0 Å². The van der Waals surface area contributed by atoms with Crippen LogP contribution in [0.25, 0.3) is 22.4 Å². The molecule has 2 heteroatoms. The number of benzene rings is 3. The molecular formula is C23H21NO. The molecule has 0 radical (unpaired) electrons. The maximum Gasteiger partial charge on any atom is 0.119 e. The third-order valence-electron chi connectivity index (χ3n) is 4.28. The zero-order chi connectivity index (χ0) is 17.6. The zero-order valence-corrected chi connectivity index (χ0v) is 14.6. The average Bonchev–Trinajstić information content (AvgIpc) is 2.67. The Hall–Kier alpha value is -3.05. The van der Waals surface area contributed by atoms with Gasteiger partial charge in [-0.2, -0.15) is 5.26 Å². The number of fused-ring (bicyclic) bond motifs is 1. The molecule has 0 bridgehead atoms. The second-order valence-electron chi connectivity index (χ2n) is 6.14. The van der Waals surface area contributed by atoms with Crippen LogP contribution in [0.15, 0.2) is 66.7 Å². The molecule has 25 heavy (non-hydrogen) atoms. The van der Waals surface area contributed by atoms with Gasteiger partial charge < -0.3 is 4.74 Å². The van der Waals surface area contributed by atoms with Crippen molar-refractivity contribution in [2.24, 2.45) is 0 Å². The van der Waals surface area contributed by atoms with Crippen molar-refractivity contribution in [2.45, 2.75) is 26.4 Å². The largest absolute Gasteiger partial charge is 0.491 e. The Balaban J connectivity index is 1.87. The normalized spacial score (nSPS) is 12.6. The minimum absolute atomic E-state index is 0.202. The maximum atomic E-state index is 9.58. The van der Waals surface area contributed by atoms with Crippen LogP contribution in [0.3, 0.4) is 0 Å². The highest BCUT2D eigenvalue weighted by Gasteiger charge is 2.04. The van der Waals surface area contributed by atoms with Gasteiger partial charge in [0.15, 0.2) is 0 Å². The Morgan fingerprint density at radius 2 is 1.76 bits per heavy atom. The van der Waals surface area contributed by atoms with Gasteiger partial charge in [-0.1, -0.05) is 55.5 Å². The molecule has 0 spiro atoms. The lowest BCUT2D eigenvalue weighted by atomic mass is 10.0. The van der Waals surface area contributed by atoms with Gasteiger partial charge in [0.25, 0.3) is 0 Å². The van der Waals surface area contributed by atoms with Crippen LogP contribution in [-0.4, -0.2) is 6.10 Å². The number of nitriles is 1. The zero-order valence-electron chi connectivity index (χ0n) is 14.6. The van der Waals surface area contributed by atoms with Crippen LogP contribution >= 0.6 is 0 Å². The number of ether oxygens (including phenoxy) is 1. The third-order valence-corrected chi connectivity index (χ3v) is 4.28. The summed E-state index contributed by atoms with van der Waals surface area (Å²) in [5.74, 6) is 0.857. The second kappa shape index (κ2) is 7.68. The van der Waals surface area contributed by atoms with Gasteiger partial charge in [0.1, 0.15) is 5.75 Å². The van der Waals surface area contributed by atoms with Crippen molar-refractivity contribution in [2.75, 3.05) is 0 Å². The summed E-state index contributed by atoms with van der Waals surface area (Å²) in [6.45, 7) is 4.16. The molecule has 1 atom stereocenters. The van der Waals surface area contributed by atoms with Gasteiger partial charge in [0.2, 0.25) is 0 Å². The molecule has 3 aromatic carbocycles. The molecule has 3 aromatic rings. The molecule has 2 nitrogen and oxygen atoms in total. The Morgan fingerprint density at radius 1 is 1.04 bits per heavy atom. The van der Waals surface area contributed by atoms with Crippen molar-refractivity contribution in [3.8, 4) is 11.8 Å². The van der Waals surface area contributed by atoms with Crippen LogP contribution in [0.1, 0.15) is 31.4 Å². The van der Waals surface area contributed by atoms with Crippen LogP contribution in [0.2, 0.25) is 0 Å². The van der Waals surface area contributed by atoms with Crippen molar-refractivity contribution in [3.63, 3.8) is 0 Å². The van der Waals surface area contributed by atoms with Gasteiger partial charge in [-0.05, 0) is 59.5 Å². The van der Waals surface area contributed by atoms with E-state index in [-0.39, 0.29) is 6.10 Å². The van der Waals surface area contributed by atoms with E-state index in [4.69, 9.17) is 4.74 Å². The van der Waals surface area contributed by atoms with E-state index in [0.29, 0.717) is 5.57 Å². The summed E-state index contributed by atoms with van der Waals surface area (Å²) in [6.07, 6.45) is 3.09. The number of hydrogen-bond acceptors (Lipinski definition) is 2. The van der Waals surface area contributed by atoms with E-state index in [1.807, 2.05) is 48.5 Å². The fraction of sp³-hybridized carbons (Fsp3) is 0.174. The quantitative estimate of drug-likeness (QED) is 0.420. The van der Waals surface area contributed by atoms with E-state index in [9.17, 15) is 5.26 Å². The van der Waals surface area contributed by atoms with Crippen molar-refractivity contribution >= 4 is 22.4 Å². The minimum Gasteiger partial charge on any atom is -0.491 e. The van der Waals surface area contributed by atoms with Gasteiger partial charge in [-0.25, -0.2) is 0 Å². The molecule has 0 aromatic heterocycles. The summed E-state index contributed by atoms with van der Waals surface area (Å²) >= 11 is 0. The lowest BCUT2D eigenvalue weighted by molar-refractivity contribution is 0.217. The van der Waals surface area contributed by atoms with Crippen molar-refractivity contribution in [3.05, 3.63) is 77.9 Å². The maximum absolute atomic E-state index is 9.58. The van der Waals surface area contributed by atoms with Crippen molar-refractivity contribution in [1.82, 2.24) is 0 Å². The third kappa shape index (κ3) is 4.08. The molecule has 124 valence electrons. The number of nitrogens with zero attached hydrogens (tertiary/aromatic N) is 1. The number of rotatable bonds is 5. The van der Waals surface area contributed by atoms with Crippen LogP contribution < -0.4 is 4.74 Å². The number of allylic oxidation sites excluding steroid dienone is 1. The molecule has 0 aliphatic heterocycles. The Bertz CT molecular complexity index is 932. The SMILES string of the molecule is CCC(C)Oc1ccc(C=C(C#N)c2ccc3ccccc3c2)cc1. The Kier molecular flexibility index (Phi) is 5.16. The fourth-order valence-corrected chi connectivity index (χ4v) is 2.66. The molecule has 0 saturated heterocycles. The molecule has 0 N–H and O–H groups in total. The second-order valence-corrected chi connectivity index (χ2v) is 6.14. The predicted molar refractivity (Wildman–Crippen MR) is 104 cm³/mol. The first kappa shape index (κ1) is 16.8. The van der Waals surface area contributed by atoms with Gasteiger partial charge in [-0.3, -0.25) is 0 Å². The summed E-state index contributed by atoms with van der Waals surface area (Å²) in [6, 6.07) is 24.5. The molecule has 0 amide bonds. The van der Waals surface area contributed by atoms with E-state index in [1.54, 1.807) is 0 Å². The molecule has 0 fully saturated rings. The van der Waals surface area contributed by atoms with Gasteiger partial charge in [0.05, 0.1) is 17.7 Å². The standard InChI is InChI=1S/C23H21NO/c1-3-17(2)25-23-12-8-18(9-13-23)14-22(16-24)21-11-10-19-6-4-5-7-20(19)15-21/h4-15,17H,3H2,1-2H3. The van der Waals surface area contributed by atoms with Crippen molar-refractivity contribution < 1.29 is 4.74 Å². The van der Waals surface area contributed by atoms with E-state index in [1.165, 1.54) is 5.39 Å².